The monoisotopic (exact) mass is 517 g/mol. The van der Waals surface area contributed by atoms with E-state index in [0.29, 0.717) is 28.8 Å². The highest BCUT2D eigenvalue weighted by molar-refractivity contribution is 6.31. The Morgan fingerprint density at radius 1 is 1.28 bits per heavy atom. The van der Waals surface area contributed by atoms with E-state index in [1.54, 1.807) is 12.1 Å². The first-order chi connectivity index (χ1) is 17.2. The molecule has 1 saturated heterocycles. The number of benzene rings is 2. The van der Waals surface area contributed by atoms with Crippen LogP contribution in [0.3, 0.4) is 0 Å². The van der Waals surface area contributed by atoms with Crippen molar-refractivity contribution in [2.45, 2.75) is 25.0 Å². The second-order valence-electron chi connectivity index (χ2n) is 8.01. The summed E-state index contributed by atoms with van der Waals surface area (Å²) in [5, 5.41) is 2.62. The van der Waals surface area contributed by atoms with Crippen LogP contribution in [0.25, 0.3) is 10.9 Å². The van der Waals surface area contributed by atoms with Crippen LogP contribution < -0.4 is 20.5 Å². The minimum absolute atomic E-state index is 0.0803. The van der Waals surface area contributed by atoms with Crippen LogP contribution in [0.15, 0.2) is 43.2 Å². The highest BCUT2D eigenvalue weighted by atomic mass is 35.5. The van der Waals surface area contributed by atoms with Crippen LogP contribution in [0, 0.1) is 11.6 Å². The van der Waals surface area contributed by atoms with Gasteiger partial charge in [-0.15, -0.1) is 0 Å². The van der Waals surface area contributed by atoms with Gasteiger partial charge in [-0.2, -0.15) is 0 Å². The number of aromatic nitrogens is 2. The van der Waals surface area contributed by atoms with Crippen molar-refractivity contribution >= 4 is 45.8 Å². The number of carbonyl (C=O) groups is 2. The van der Waals surface area contributed by atoms with Gasteiger partial charge in [0.15, 0.2) is 17.3 Å². The third-order valence-electron chi connectivity index (χ3n) is 5.84. The summed E-state index contributed by atoms with van der Waals surface area (Å²) in [6.07, 6.45) is 2.55. The van der Waals surface area contributed by atoms with Gasteiger partial charge in [0.1, 0.15) is 35.1 Å². The zero-order valence-corrected chi connectivity index (χ0v) is 19.9. The lowest BCUT2D eigenvalue weighted by Gasteiger charge is -2.37. The Hall–Kier alpha value is -3.99. The first-order valence-electron chi connectivity index (χ1n) is 10.9. The van der Waals surface area contributed by atoms with E-state index in [9.17, 15) is 18.4 Å². The Morgan fingerprint density at radius 2 is 2.06 bits per heavy atom. The number of fused-ring (bicyclic) bond motifs is 1. The maximum atomic E-state index is 14.5. The maximum absolute atomic E-state index is 14.5. The van der Waals surface area contributed by atoms with E-state index in [1.165, 1.54) is 24.4 Å². The number of primary amides is 1. The number of likely N-dealkylation sites (tertiary alicyclic amines) is 1. The number of piperidine rings is 1. The van der Waals surface area contributed by atoms with Gasteiger partial charge >= 0.3 is 0 Å². The molecule has 0 radical (unpaired) electrons. The van der Waals surface area contributed by atoms with Crippen molar-refractivity contribution in [3.05, 3.63) is 59.9 Å². The van der Waals surface area contributed by atoms with Crippen LogP contribution >= 0.6 is 11.6 Å². The molecule has 1 aliphatic rings. The predicted octanol–water partition coefficient (Wildman–Crippen LogP) is 3.72. The summed E-state index contributed by atoms with van der Waals surface area (Å²) in [6.45, 7) is 3.71. The smallest absolute Gasteiger partial charge is 0.246 e. The summed E-state index contributed by atoms with van der Waals surface area (Å²) >= 11 is 5.69. The van der Waals surface area contributed by atoms with E-state index in [1.807, 2.05) is 0 Å². The molecule has 9 nitrogen and oxygen atoms in total. The largest absolute Gasteiger partial charge is 0.493 e. The van der Waals surface area contributed by atoms with Gasteiger partial charge in [-0.25, -0.2) is 18.7 Å². The average molecular weight is 518 g/mol. The van der Waals surface area contributed by atoms with Crippen LogP contribution in [-0.2, 0) is 9.59 Å². The quantitative estimate of drug-likeness (QED) is 0.362. The van der Waals surface area contributed by atoms with Gasteiger partial charge in [0.25, 0.3) is 0 Å². The van der Waals surface area contributed by atoms with E-state index >= 15 is 0 Å². The summed E-state index contributed by atoms with van der Waals surface area (Å²) < 4.78 is 39.7. The third kappa shape index (κ3) is 4.87. The molecule has 4 rings (SSSR count). The normalized spacial score (nSPS) is 17.5. The molecule has 2 aromatic carbocycles. The van der Waals surface area contributed by atoms with Crippen LogP contribution in [0.4, 0.5) is 20.3 Å². The highest BCUT2D eigenvalue weighted by Gasteiger charge is 2.35. The molecule has 2 unspecified atom stereocenters. The standard InChI is InChI=1S/C24H22ClF2N5O4/c1-3-20(33)32-7-6-12(8-17(32)23(28)34)36-19-9-13-16(10-18(19)35-2)29-11-30-24(13)31-15-5-4-14(26)21(25)22(15)27/h3-5,9-12,17H,1,6-8H2,2H3,(H2,28,34)(H,29,30,31). The minimum atomic E-state index is -0.966. The molecule has 3 N–H and O–H groups in total. The zero-order valence-electron chi connectivity index (χ0n) is 19.1. The van der Waals surface area contributed by atoms with Crippen LogP contribution in [-0.4, -0.2) is 52.5 Å². The number of ether oxygens (including phenoxy) is 2. The van der Waals surface area contributed by atoms with Gasteiger partial charge in [-0.05, 0) is 24.3 Å². The number of nitrogens with zero attached hydrogens (tertiary/aromatic N) is 3. The number of carbonyl (C=O) groups excluding carboxylic acids is 2. The lowest BCUT2D eigenvalue weighted by atomic mass is 9.98. The fraction of sp³-hybridized carbons (Fsp3) is 0.250. The number of methoxy groups -OCH3 is 1. The molecule has 2 amide bonds. The maximum Gasteiger partial charge on any atom is 0.246 e. The van der Waals surface area contributed by atoms with Gasteiger partial charge < -0.3 is 25.4 Å². The van der Waals surface area contributed by atoms with Crippen molar-refractivity contribution < 1.29 is 27.8 Å². The molecule has 1 aromatic heterocycles. The summed E-state index contributed by atoms with van der Waals surface area (Å²) in [7, 11) is 1.46. The minimum Gasteiger partial charge on any atom is -0.493 e. The molecule has 1 fully saturated rings. The van der Waals surface area contributed by atoms with Crippen molar-refractivity contribution in [2.24, 2.45) is 5.73 Å². The van der Waals surface area contributed by atoms with Crippen molar-refractivity contribution in [1.82, 2.24) is 14.9 Å². The average Bonchev–Trinajstić information content (AvgIpc) is 2.88. The number of hydrogen-bond acceptors (Lipinski definition) is 7. The molecule has 36 heavy (non-hydrogen) atoms. The second-order valence-corrected chi connectivity index (χ2v) is 8.39. The Balaban J connectivity index is 1.66. The van der Waals surface area contributed by atoms with Crippen molar-refractivity contribution in [3.63, 3.8) is 0 Å². The lowest BCUT2D eigenvalue weighted by molar-refractivity contribution is -0.139. The number of rotatable bonds is 7. The molecule has 0 aliphatic carbocycles. The number of anilines is 2. The van der Waals surface area contributed by atoms with E-state index in [0.717, 1.165) is 12.1 Å². The molecule has 1 aliphatic heterocycles. The van der Waals surface area contributed by atoms with E-state index < -0.39 is 34.7 Å². The first-order valence-corrected chi connectivity index (χ1v) is 11.2. The lowest BCUT2D eigenvalue weighted by Crippen LogP contribution is -2.54. The van der Waals surface area contributed by atoms with Crippen molar-refractivity contribution in [1.29, 1.82) is 0 Å². The molecule has 0 spiro atoms. The number of nitrogens with two attached hydrogens (primary N) is 1. The Kier molecular flexibility index (Phi) is 7.20. The highest BCUT2D eigenvalue weighted by Crippen LogP contribution is 2.37. The molecule has 3 aromatic rings. The van der Waals surface area contributed by atoms with E-state index in [4.69, 9.17) is 26.8 Å². The molecular weight excluding hydrogens is 496 g/mol. The first kappa shape index (κ1) is 25.1. The SMILES string of the molecule is C=CC(=O)N1CCC(Oc2cc3c(Nc4ccc(F)c(Cl)c4F)ncnc3cc2OC)CC1C(N)=O. The van der Waals surface area contributed by atoms with Crippen molar-refractivity contribution in [2.75, 3.05) is 19.0 Å². The van der Waals surface area contributed by atoms with E-state index in [-0.39, 0.29) is 30.4 Å². The summed E-state index contributed by atoms with van der Waals surface area (Å²) in [6, 6.07) is 4.61. The van der Waals surface area contributed by atoms with Gasteiger partial charge in [0.05, 0.1) is 18.3 Å². The Morgan fingerprint density at radius 3 is 2.75 bits per heavy atom. The summed E-state index contributed by atoms with van der Waals surface area (Å²) in [5.41, 5.74) is 5.91. The number of halogens is 3. The molecule has 12 heteroatoms. The fourth-order valence-corrected chi connectivity index (χ4v) is 4.20. The fourth-order valence-electron chi connectivity index (χ4n) is 4.04. The molecule has 2 atom stereocenters. The van der Waals surface area contributed by atoms with Crippen molar-refractivity contribution in [3.8, 4) is 11.5 Å². The summed E-state index contributed by atoms with van der Waals surface area (Å²) in [5.74, 6) is -1.99. The molecular formula is C24H22ClF2N5O4. The van der Waals surface area contributed by atoms with Crippen LogP contribution in [0.1, 0.15) is 12.8 Å². The second kappa shape index (κ2) is 10.3. The Labute approximate surface area is 209 Å². The van der Waals surface area contributed by atoms with Gasteiger partial charge in [0.2, 0.25) is 11.8 Å². The molecule has 0 bridgehead atoms. The van der Waals surface area contributed by atoms with E-state index in [2.05, 4.69) is 21.9 Å². The molecule has 2 heterocycles. The van der Waals surface area contributed by atoms with Gasteiger partial charge in [-0.3, -0.25) is 9.59 Å². The zero-order chi connectivity index (χ0) is 26.0. The predicted molar refractivity (Wildman–Crippen MR) is 129 cm³/mol. The number of nitrogens with one attached hydrogen (secondary N) is 1. The molecule has 188 valence electrons. The Bertz CT molecular complexity index is 1360. The molecule has 0 saturated carbocycles. The van der Waals surface area contributed by atoms with Gasteiger partial charge in [0, 0.05) is 30.8 Å². The van der Waals surface area contributed by atoms with Crippen LogP contribution in [0.2, 0.25) is 5.02 Å². The summed E-state index contributed by atoms with van der Waals surface area (Å²) in [4.78, 5) is 33.9. The topological polar surface area (TPSA) is 120 Å². The third-order valence-corrected chi connectivity index (χ3v) is 6.19. The number of hydrogen-bond donors (Lipinski definition) is 2. The van der Waals surface area contributed by atoms with Gasteiger partial charge in [-0.1, -0.05) is 18.2 Å². The van der Waals surface area contributed by atoms with Crippen LogP contribution in [0.5, 0.6) is 11.5 Å². The number of amides is 2.